The van der Waals surface area contributed by atoms with E-state index in [9.17, 15) is 0 Å². The minimum absolute atomic E-state index is 0.766. The van der Waals surface area contributed by atoms with E-state index >= 15 is 0 Å². The molecule has 1 aromatic carbocycles. The molecule has 0 unspecified atom stereocenters. The summed E-state index contributed by atoms with van der Waals surface area (Å²) >= 11 is 0. The van der Waals surface area contributed by atoms with Crippen molar-refractivity contribution in [3.63, 3.8) is 0 Å². The summed E-state index contributed by atoms with van der Waals surface area (Å²) in [6, 6.07) is 12.6. The summed E-state index contributed by atoms with van der Waals surface area (Å²) in [6.07, 6.45) is 6.80. The number of nitrogens with one attached hydrogen (secondary N) is 1. The molecule has 0 atom stereocenters. The normalized spacial score (nSPS) is 11.5. The van der Waals surface area contributed by atoms with Crippen LogP contribution in [0.3, 0.4) is 0 Å². The summed E-state index contributed by atoms with van der Waals surface area (Å²) in [4.78, 5) is 8.52. The summed E-state index contributed by atoms with van der Waals surface area (Å²) in [5.74, 6) is 0. The van der Waals surface area contributed by atoms with Crippen LogP contribution in [-0.4, -0.2) is 17.7 Å². The van der Waals surface area contributed by atoms with Crippen LogP contribution in [0.5, 0.6) is 0 Å². The molecule has 1 N–H and O–H groups in total. The van der Waals surface area contributed by atoms with E-state index in [4.69, 9.17) is 0 Å². The van der Waals surface area contributed by atoms with Crippen LogP contribution in [-0.2, 0) is 13.0 Å². The van der Waals surface area contributed by atoms with Gasteiger partial charge in [-0.1, -0.05) is 51.1 Å². The SMILES string of the molecule is CC.CCc1ccc(C(/C=C(\C)NCc2cccnc2)=NC)cc1. The highest BCUT2D eigenvalue weighted by molar-refractivity contribution is 6.08. The number of aryl methyl sites for hydroxylation is 1. The third-order valence-electron chi connectivity index (χ3n) is 3.55. The lowest BCUT2D eigenvalue weighted by Gasteiger charge is -2.08. The van der Waals surface area contributed by atoms with Crippen LogP contribution < -0.4 is 5.32 Å². The van der Waals surface area contributed by atoms with Gasteiger partial charge in [-0.2, -0.15) is 0 Å². The average Bonchev–Trinajstić information content (AvgIpc) is 2.67. The average molecular weight is 323 g/mol. The fourth-order valence-corrected chi connectivity index (χ4v) is 2.19. The largest absolute Gasteiger partial charge is 0.384 e. The third kappa shape index (κ3) is 6.37. The van der Waals surface area contributed by atoms with Crippen molar-refractivity contribution < 1.29 is 0 Å². The molecule has 128 valence electrons. The molecule has 2 aromatic rings. The first kappa shape index (κ1) is 19.6. The van der Waals surface area contributed by atoms with E-state index in [1.165, 1.54) is 5.56 Å². The molecule has 1 heterocycles. The monoisotopic (exact) mass is 323 g/mol. The Morgan fingerprint density at radius 3 is 2.38 bits per heavy atom. The second kappa shape index (κ2) is 11.2. The molecule has 0 saturated heterocycles. The van der Waals surface area contributed by atoms with Gasteiger partial charge in [0, 0.05) is 31.7 Å². The molecule has 0 aliphatic heterocycles. The Morgan fingerprint density at radius 2 is 1.83 bits per heavy atom. The smallest absolute Gasteiger partial charge is 0.0660 e. The van der Waals surface area contributed by atoms with Gasteiger partial charge in [0.05, 0.1) is 5.71 Å². The number of pyridine rings is 1. The van der Waals surface area contributed by atoms with E-state index < -0.39 is 0 Å². The zero-order valence-electron chi connectivity index (χ0n) is 15.5. The molecule has 3 heteroatoms. The second-order valence-electron chi connectivity index (χ2n) is 5.20. The van der Waals surface area contributed by atoms with Crippen LogP contribution in [0.25, 0.3) is 0 Å². The summed E-state index contributed by atoms with van der Waals surface area (Å²) in [5.41, 5.74) is 5.72. The Bertz CT molecular complexity index is 641. The van der Waals surface area contributed by atoms with Crippen molar-refractivity contribution in [1.82, 2.24) is 10.3 Å². The zero-order valence-corrected chi connectivity index (χ0v) is 15.5. The number of benzene rings is 1. The molecular formula is C21H29N3. The van der Waals surface area contributed by atoms with Gasteiger partial charge in [-0.25, -0.2) is 0 Å². The Kier molecular flexibility index (Phi) is 9.13. The van der Waals surface area contributed by atoms with Crippen molar-refractivity contribution in [2.75, 3.05) is 7.05 Å². The van der Waals surface area contributed by atoms with Crippen molar-refractivity contribution in [3.8, 4) is 0 Å². The first-order chi connectivity index (χ1) is 11.7. The maximum atomic E-state index is 4.40. The summed E-state index contributed by atoms with van der Waals surface area (Å²) < 4.78 is 0. The zero-order chi connectivity index (χ0) is 17.8. The summed E-state index contributed by atoms with van der Waals surface area (Å²) in [7, 11) is 1.83. The fraction of sp³-hybridized carbons (Fsp3) is 0.333. The summed E-state index contributed by atoms with van der Waals surface area (Å²) in [5, 5.41) is 3.40. The predicted octanol–water partition coefficient (Wildman–Crippen LogP) is 4.78. The number of rotatable bonds is 6. The minimum atomic E-state index is 0.766. The molecule has 0 amide bonds. The van der Waals surface area contributed by atoms with Gasteiger partial charge >= 0.3 is 0 Å². The number of hydrogen-bond donors (Lipinski definition) is 1. The highest BCUT2D eigenvalue weighted by Crippen LogP contribution is 2.08. The van der Waals surface area contributed by atoms with Crippen molar-refractivity contribution in [1.29, 1.82) is 0 Å². The first-order valence-corrected chi connectivity index (χ1v) is 8.60. The van der Waals surface area contributed by atoms with Gasteiger partial charge in [0.2, 0.25) is 0 Å². The molecule has 2 rings (SSSR count). The van der Waals surface area contributed by atoms with Crippen molar-refractivity contribution in [2.24, 2.45) is 4.99 Å². The molecule has 0 aliphatic rings. The quantitative estimate of drug-likeness (QED) is 0.777. The van der Waals surface area contributed by atoms with Gasteiger partial charge in [-0.15, -0.1) is 0 Å². The number of aromatic nitrogens is 1. The van der Waals surface area contributed by atoms with Gasteiger partial charge in [-0.3, -0.25) is 9.98 Å². The van der Waals surface area contributed by atoms with Gasteiger partial charge in [0.15, 0.2) is 0 Å². The maximum absolute atomic E-state index is 4.40. The molecule has 0 spiro atoms. The Morgan fingerprint density at radius 1 is 1.12 bits per heavy atom. The standard InChI is InChI=1S/C19H23N3.C2H6/c1-4-16-7-9-18(10-8-16)19(20-3)12-15(2)22-14-17-6-5-11-21-13-17;1-2/h5-13,22H,4,14H2,1-3H3;1-2H3/b15-12+,20-19?;. The van der Waals surface area contributed by atoms with E-state index in [1.54, 1.807) is 6.20 Å². The number of allylic oxidation sites excluding steroid dienone is 2. The fourth-order valence-electron chi connectivity index (χ4n) is 2.19. The molecule has 24 heavy (non-hydrogen) atoms. The first-order valence-electron chi connectivity index (χ1n) is 8.60. The Labute approximate surface area is 146 Å². The molecule has 0 saturated carbocycles. The highest BCUT2D eigenvalue weighted by atomic mass is 14.9. The molecule has 0 bridgehead atoms. The minimum Gasteiger partial charge on any atom is -0.384 e. The topological polar surface area (TPSA) is 37.3 Å². The predicted molar refractivity (Wildman–Crippen MR) is 104 cm³/mol. The van der Waals surface area contributed by atoms with Crippen LogP contribution in [0.1, 0.15) is 44.4 Å². The molecule has 0 radical (unpaired) electrons. The van der Waals surface area contributed by atoms with Gasteiger partial charge < -0.3 is 5.32 Å². The lowest BCUT2D eigenvalue weighted by molar-refractivity contribution is 0.809. The van der Waals surface area contributed by atoms with Gasteiger partial charge in [-0.05, 0) is 42.2 Å². The second-order valence-corrected chi connectivity index (χ2v) is 5.20. The molecule has 1 aromatic heterocycles. The van der Waals surface area contributed by atoms with Crippen LogP contribution >= 0.6 is 0 Å². The number of aliphatic imine (C=N–C) groups is 1. The summed E-state index contributed by atoms with van der Waals surface area (Å²) in [6.45, 7) is 8.99. The van der Waals surface area contributed by atoms with Gasteiger partial charge in [0.1, 0.15) is 0 Å². The third-order valence-corrected chi connectivity index (χ3v) is 3.55. The Hall–Kier alpha value is -2.42. The van der Waals surface area contributed by atoms with Crippen LogP contribution in [0, 0.1) is 0 Å². The van der Waals surface area contributed by atoms with Crippen LogP contribution in [0.4, 0.5) is 0 Å². The Balaban J connectivity index is 0.00000139. The lowest BCUT2D eigenvalue weighted by Crippen LogP contribution is -2.12. The van der Waals surface area contributed by atoms with E-state index in [2.05, 4.69) is 65.5 Å². The van der Waals surface area contributed by atoms with E-state index in [0.29, 0.717) is 0 Å². The molecular weight excluding hydrogens is 294 g/mol. The molecule has 3 nitrogen and oxygen atoms in total. The molecule has 0 fully saturated rings. The van der Waals surface area contributed by atoms with Crippen molar-refractivity contribution in [3.05, 3.63) is 77.3 Å². The highest BCUT2D eigenvalue weighted by Gasteiger charge is 2.01. The van der Waals surface area contributed by atoms with E-state index in [0.717, 1.165) is 35.5 Å². The van der Waals surface area contributed by atoms with Crippen LogP contribution in [0.2, 0.25) is 0 Å². The van der Waals surface area contributed by atoms with Crippen molar-refractivity contribution >= 4 is 5.71 Å². The number of hydrogen-bond acceptors (Lipinski definition) is 3. The van der Waals surface area contributed by atoms with Crippen LogP contribution in [0.15, 0.2) is 65.6 Å². The van der Waals surface area contributed by atoms with Crippen molar-refractivity contribution in [2.45, 2.75) is 40.7 Å². The molecule has 0 aliphatic carbocycles. The van der Waals surface area contributed by atoms with E-state index in [1.807, 2.05) is 33.2 Å². The number of nitrogens with zero attached hydrogens (tertiary/aromatic N) is 2. The van der Waals surface area contributed by atoms with Gasteiger partial charge in [0.25, 0.3) is 0 Å². The van der Waals surface area contributed by atoms with E-state index in [-0.39, 0.29) is 0 Å². The lowest BCUT2D eigenvalue weighted by atomic mass is 10.1. The maximum Gasteiger partial charge on any atom is 0.0660 e.